The second-order valence-electron chi connectivity index (χ2n) is 6.50. The molecule has 6 nitrogen and oxygen atoms in total. The fourth-order valence-electron chi connectivity index (χ4n) is 2.48. The second kappa shape index (κ2) is 9.23. The van der Waals surface area contributed by atoms with E-state index >= 15 is 0 Å². The highest BCUT2D eigenvalue weighted by Gasteiger charge is 2.25. The van der Waals surface area contributed by atoms with Gasteiger partial charge in [0.25, 0.3) is 0 Å². The van der Waals surface area contributed by atoms with Crippen LogP contribution in [0.3, 0.4) is 0 Å². The van der Waals surface area contributed by atoms with Crippen LogP contribution in [0.2, 0.25) is 0 Å². The first-order chi connectivity index (χ1) is 9.90. The molecule has 3 N–H and O–H groups in total. The minimum Gasteiger partial charge on any atom is -0.444 e. The van der Waals surface area contributed by atoms with Crippen molar-refractivity contribution >= 4 is 6.09 Å². The molecule has 0 aromatic carbocycles. The van der Waals surface area contributed by atoms with Gasteiger partial charge >= 0.3 is 6.09 Å². The molecule has 0 heterocycles. The molecule has 1 aliphatic rings. The first kappa shape index (κ1) is 18.2. The third-order valence-electron chi connectivity index (χ3n) is 3.31. The van der Waals surface area contributed by atoms with Crippen molar-refractivity contribution in [2.45, 2.75) is 64.1 Å². The molecule has 1 fully saturated rings. The number of rotatable bonds is 7. The largest absolute Gasteiger partial charge is 0.444 e. The van der Waals surface area contributed by atoms with Crippen molar-refractivity contribution in [2.75, 3.05) is 26.4 Å². The Morgan fingerprint density at radius 2 is 1.95 bits per heavy atom. The Hall–Kier alpha value is -0.850. The maximum Gasteiger partial charge on any atom is 0.407 e. The minimum atomic E-state index is -0.458. The molecular weight excluding hydrogens is 272 g/mol. The summed E-state index contributed by atoms with van der Waals surface area (Å²) >= 11 is 0. The molecule has 0 radical (unpaired) electrons. The molecule has 1 aliphatic carbocycles. The second-order valence-corrected chi connectivity index (χ2v) is 6.50. The molecule has 0 aromatic rings. The highest BCUT2D eigenvalue weighted by molar-refractivity contribution is 5.68. The van der Waals surface area contributed by atoms with Crippen molar-refractivity contribution in [3.05, 3.63) is 0 Å². The number of carbonyl (C=O) groups is 1. The van der Waals surface area contributed by atoms with E-state index in [4.69, 9.17) is 14.6 Å². The van der Waals surface area contributed by atoms with Crippen molar-refractivity contribution < 1.29 is 19.4 Å². The van der Waals surface area contributed by atoms with Gasteiger partial charge in [-0.1, -0.05) is 0 Å². The van der Waals surface area contributed by atoms with Crippen molar-refractivity contribution in [3.8, 4) is 0 Å². The van der Waals surface area contributed by atoms with Gasteiger partial charge in [0.2, 0.25) is 0 Å². The average molecular weight is 302 g/mol. The van der Waals surface area contributed by atoms with E-state index in [0.717, 1.165) is 32.2 Å². The standard InChI is InChI=1S/C15H30N2O4/c1-15(2,3)21-14(19)17-13-6-4-5-12(11-13)16-7-9-20-10-8-18/h12-13,16,18H,4-11H2,1-3H3,(H,17,19). The predicted molar refractivity (Wildman–Crippen MR) is 81.3 cm³/mol. The maximum absolute atomic E-state index is 11.8. The number of ether oxygens (including phenoxy) is 2. The van der Waals surface area contributed by atoms with Crippen LogP contribution in [0.15, 0.2) is 0 Å². The molecule has 6 heteroatoms. The number of aliphatic hydroxyl groups excluding tert-OH is 1. The highest BCUT2D eigenvalue weighted by Crippen LogP contribution is 2.19. The topological polar surface area (TPSA) is 79.8 Å². The zero-order valence-electron chi connectivity index (χ0n) is 13.5. The van der Waals surface area contributed by atoms with Gasteiger partial charge in [0.15, 0.2) is 0 Å². The smallest absolute Gasteiger partial charge is 0.407 e. The maximum atomic E-state index is 11.8. The Bertz CT molecular complexity index is 305. The summed E-state index contributed by atoms with van der Waals surface area (Å²) in [4.78, 5) is 11.8. The van der Waals surface area contributed by atoms with Gasteiger partial charge in [-0.3, -0.25) is 0 Å². The first-order valence-electron chi connectivity index (χ1n) is 7.82. The van der Waals surface area contributed by atoms with Crippen molar-refractivity contribution in [2.24, 2.45) is 0 Å². The number of hydrogen-bond acceptors (Lipinski definition) is 5. The summed E-state index contributed by atoms with van der Waals surface area (Å²) in [5, 5.41) is 15.0. The van der Waals surface area contributed by atoms with Crippen LogP contribution in [0.4, 0.5) is 4.79 Å². The van der Waals surface area contributed by atoms with E-state index in [-0.39, 0.29) is 18.7 Å². The molecule has 0 bridgehead atoms. The van der Waals surface area contributed by atoms with E-state index in [1.807, 2.05) is 20.8 Å². The molecule has 2 atom stereocenters. The van der Waals surface area contributed by atoms with Crippen molar-refractivity contribution in [1.82, 2.24) is 10.6 Å². The van der Waals surface area contributed by atoms with E-state index in [1.54, 1.807) is 0 Å². The Morgan fingerprint density at radius 1 is 1.24 bits per heavy atom. The lowest BCUT2D eigenvalue weighted by atomic mass is 9.91. The summed E-state index contributed by atoms with van der Waals surface area (Å²) in [6, 6.07) is 0.570. The van der Waals surface area contributed by atoms with E-state index in [0.29, 0.717) is 19.3 Å². The number of alkyl carbamates (subject to hydrolysis) is 1. The van der Waals surface area contributed by atoms with Crippen LogP contribution in [0.5, 0.6) is 0 Å². The van der Waals surface area contributed by atoms with E-state index < -0.39 is 5.60 Å². The number of hydrogen-bond donors (Lipinski definition) is 3. The quantitative estimate of drug-likeness (QED) is 0.620. The molecule has 21 heavy (non-hydrogen) atoms. The summed E-state index contributed by atoms with van der Waals surface area (Å²) in [5.41, 5.74) is -0.458. The predicted octanol–water partition coefficient (Wildman–Crippen LogP) is 1.42. The van der Waals surface area contributed by atoms with Crippen LogP contribution in [-0.2, 0) is 9.47 Å². The molecule has 1 saturated carbocycles. The molecular formula is C15H30N2O4. The van der Waals surface area contributed by atoms with E-state index in [1.165, 1.54) is 0 Å². The number of aliphatic hydroxyl groups is 1. The van der Waals surface area contributed by atoms with E-state index in [2.05, 4.69) is 10.6 Å². The fourth-order valence-corrected chi connectivity index (χ4v) is 2.48. The van der Waals surface area contributed by atoms with Gasteiger partial charge in [-0.25, -0.2) is 4.79 Å². The van der Waals surface area contributed by atoms with E-state index in [9.17, 15) is 4.79 Å². The SMILES string of the molecule is CC(C)(C)OC(=O)NC1CCCC(NCCOCCO)C1. The fraction of sp³-hybridized carbons (Fsp3) is 0.933. The summed E-state index contributed by atoms with van der Waals surface area (Å²) < 4.78 is 10.5. The van der Waals surface area contributed by atoms with Crippen LogP contribution >= 0.6 is 0 Å². The van der Waals surface area contributed by atoms with Gasteiger partial charge in [0, 0.05) is 18.6 Å². The molecule has 2 unspecified atom stereocenters. The summed E-state index contributed by atoms with van der Waals surface area (Å²) in [7, 11) is 0. The molecule has 0 aliphatic heterocycles. The third kappa shape index (κ3) is 8.90. The zero-order valence-corrected chi connectivity index (χ0v) is 13.5. The van der Waals surface area contributed by atoms with Crippen molar-refractivity contribution in [1.29, 1.82) is 0 Å². The van der Waals surface area contributed by atoms with Gasteiger partial charge in [0.1, 0.15) is 5.60 Å². The first-order valence-corrected chi connectivity index (χ1v) is 7.82. The monoisotopic (exact) mass is 302 g/mol. The number of amides is 1. The lowest BCUT2D eigenvalue weighted by molar-refractivity contribution is 0.0487. The molecule has 1 amide bonds. The molecule has 0 aromatic heterocycles. The average Bonchev–Trinajstić information content (AvgIpc) is 2.36. The minimum absolute atomic E-state index is 0.0608. The lowest BCUT2D eigenvalue weighted by Gasteiger charge is -2.31. The lowest BCUT2D eigenvalue weighted by Crippen LogP contribution is -2.46. The normalized spacial score (nSPS) is 22.9. The van der Waals surface area contributed by atoms with Gasteiger partial charge < -0.3 is 25.2 Å². The van der Waals surface area contributed by atoms with Crippen LogP contribution in [0, 0.1) is 0 Å². The molecule has 0 saturated heterocycles. The van der Waals surface area contributed by atoms with Crippen LogP contribution in [0.1, 0.15) is 46.5 Å². The Morgan fingerprint density at radius 3 is 2.62 bits per heavy atom. The Kier molecular flexibility index (Phi) is 8.00. The van der Waals surface area contributed by atoms with Gasteiger partial charge in [-0.2, -0.15) is 0 Å². The van der Waals surface area contributed by atoms with Crippen molar-refractivity contribution in [3.63, 3.8) is 0 Å². The highest BCUT2D eigenvalue weighted by atomic mass is 16.6. The van der Waals surface area contributed by atoms with Crippen LogP contribution in [-0.4, -0.2) is 55.2 Å². The molecule has 1 rings (SSSR count). The Labute approximate surface area is 127 Å². The van der Waals surface area contributed by atoms with Gasteiger partial charge in [-0.15, -0.1) is 0 Å². The molecule has 124 valence electrons. The Balaban J connectivity index is 2.21. The van der Waals surface area contributed by atoms with Gasteiger partial charge in [-0.05, 0) is 46.5 Å². The molecule has 0 spiro atoms. The van der Waals surface area contributed by atoms with Crippen LogP contribution in [0.25, 0.3) is 0 Å². The number of nitrogens with one attached hydrogen (secondary N) is 2. The zero-order chi connectivity index (χ0) is 15.7. The van der Waals surface area contributed by atoms with Crippen LogP contribution < -0.4 is 10.6 Å². The van der Waals surface area contributed by atoms with Gasteiger partial charge in [0.05, 0.1) is 19.8 Å². The number of carbonyl (C=O) groups excluding carboxylic acids is 1. The summed E-state index contributed by atoms with van der Waals surface area (Å²) in [6.07, 6.45) is 3.79. The third-order valence-corrected chi connectivity index (χ3v) is 3.31. The summed E-state index contributed by atoms with van der Waals surface area (Å²) in [5.74, 6) is 0. The summed E-state index contributed by atoms with van der Waals surface area (Å²) in [6.45, 7) is 7.41.